The normalized spacial score (nSPS) is 13.7. The van der Waals surface area contributed by atoms with E-state index in [4.69, 9.17) is 13.8 Å². The van der Waals surface area contributed by atoms with Crippen LogP contribution < -0.4 is 10.2 Å². The lowest BCUT2D eigenvalue weighted by Gasteiger charge is -2.30. The van der Waals surface area contributed by atoms with Gasteiger partial charge in [0.25, 0.3) is 7.82 Å². The van der Waals surface area contributed by atoms with Crippen LogP contribution in [0.25, 0.3) is 0 Å². The molecule has 0 radical (unpaired) electrons. The van der Waals surface area contributed by atoms with Gasteiger partial charge in [-0.05, 0) is 63.9 Å². The minimum atomic E-state index is -4.70. The highest BCUT2D eigenvalue weighted by Gasteiger charge is 2.27. The predicted molar refractivity (Wildman–Crippen MR) is 358 cm³/mol. The first-order valence-electron chi connectivity index (χ1n) is 36.3. The van der Waals surface area contributed by atoms with E-state index < -0.39 is 20.0 Å². The molecule has 3 atom stereocenters. The maximum absolute atomic E-state index is 13.6. The quantitative estimate of drug-likeness (QED) is 0.0212. The Morgan fingerprint density at radius 2 is 0.735 bits per heavy atom. The van der Waals surface area contributed by atoms with Gasteiger partial charge < -0.3 is 28.5 Å². The van der Waals surface area contributed by atoms with Gasteiger partial charge in [-0.25, -0.2) is 0 Å². The molecule has 490 valence electrons. The predicted octanol–water partition coefficient (Wildman–Crippen LogP) is 22.4. The molecule has 10 heteroatoms. The van der Waals surface area contributed by atoms with Crippen molar-refractivity contribution in [2.75, 3.05) is 40.9 Å². The second-order valence-corrected chi connectivity index (χ2v) is 27.5. The number of hydrogen-bond donors (Lipinski definition) is 1. The number of likely N-dealkylation sites (N-methyl/N-ethyl adjacent to an activating group) is 1. The van der Waals surface area contributed by atoms with Crippen molar-refractivity contribution in [1.82, 2.24) is 5.32 Å². The lowest BCUT2D eigenvalue weighted by Crippen LogP contribution is -2.47. The van der Waals surface area contributed by atoms with E-state index in [0.717, 1.165) is 64.2 Å². The molecular weight excluding hydrogens is 1050 g/mol. The molecule has 9 nitrogen and oxygen atoms in total. The third-order valence-corrected chi connectivity index (χ3v) is 17.5. The average molecular weight is 1190 g/mol. The molecule has 0 aliphatic heterocycles. The summed E-state index contributed by atoms with van der Waals surface area (Å²) >= 11 is 0. The summed E-state index contributed by atoms with van der Waals surface area (Å²) in [7, 11) is 1.20. The first-order valence-corrected chi connectivity index (χ1v) is 37.8. The molecule has 0 aromatic carbocycles. The van der Waals surface area contributed by atoms with Gasteiger partial charge in [-0.1, -0.05) is 327 Å². The fourth-order valence-corrected chi connectivity index (χ4v) is 11.7. The zero-order chi connectivity index (χ0) is 60.7. The van der Waals surface area contributed by atoms with Crippen LogP contribution in [0.2, 0.25) is 0 Å². The Morgan fingerprint density at radius 1 is 0.422 bits per heavy atom. The van der Waals surface area contributed by atoms with E-state index in [1.54, 1.807) is 0 Å². The van der Waals surface area contributed by atoms with E-state index >= 15 is 0 Å². The number of ether oxygens (including phenoxy) is 1. The Hall–Kier alpha value is -1.77. The van der Waals surface area contributed by atoms with Crippen LogP contribution in [0.5, 0.6) is 0 Å². The van der Waals surface area contributed by atoms with Crippen molar-refractivity contribution in [1.29, 1.82) is 0 Å². The third kappa shape index (κ3) is 64.5. The molecule has 0 heterocycles. The van der Waals surface area contributed by atoms with Gasteiger partial charge in [0.1, 0.15) is 19.3 Å². The Bertz CT molecular complexity index is 1510. The lowest BCUT2D eigenvalue weighted by atomic mass is 10.0. The fraction of sp³-hybridized carbons (Fsp3) is 0.890. The zero-order valence-electron chi connectivity index (χ0n) is 56.2. The van der Waals surface area contributed by atoms with Gasteiger partial charge in [-0.15, -0.1) is 0 Å². The Balaban J connectivity index is 5.04. The highest BCUT2D eigenvalue weighted by molar-refractivity contribution is 7.45. The molecule has 0 aliphatic carbocycles. The number of phosphoric acid groups is 1. The number of unbranched alkanes of at least 4 members (excludes halogenated alkanes) is 47. The Kier molecular flexibility index (Phi) is 61.9. The fourth-order valence-electron chi connectivity index (χ4n) is 11.0. The number of carbonyl (C=O) groups excluding carboxylic acids is 2. The van der Waals surface area contributed by atoms with Crippen molar-refractivity contribution in [3.63, 3.8) is 0 Å². The summed E-state index contributed by atoms with van der Waals surface area (Å²) in [6.07, 6.45) is 78.4. The van der Waals surface area contributed by atoms with Gasteiger partial charge in [0.05, 0.1) is 33.8 Å². The number of nitrogens with one attached hydrogen (secondary N) is 1. The maximum atomic E-state index is 13.6. The number of allylic oxidation sites excluding steroid dienone is 5. The van der Waals surface area contributed by atoms with E-state index in [2.05, 4.69) is 50.4 Å². The van der Waals surface area contributed by atoms with Crippen LogP contribution in [0.4, 0.5) is 0 Å². The third-order valence-electron chi connectivity index (χ3n) is 16.6. The number of esters is 1. The molecule has 0 spiro atoms. The molecule has 3 unspecified atom stereocenters. The molecule has 83 heavy (non-hydrogen) atoms. The second kappa shape index (κ2) is 63.3. The van der Waals surface area contributed by atoms with E-state index in [1.807, 2.05) is 33.3 Å². The number of phosphoric ester groups is 1. The van der Waals surface area contributed by atoms with Crippen LogP contribution in [0.3, 0.4) is 0 Å². The highest BCUT2D eigenvalue weighted by atomic mass is 31.2. The average Bonchev–Trinajstić information content (AvgIpc) is 3.46. The minimum Gasteiger partial charge on any atom is -0.756 e. The highest BCUT2D eigenvalue weighted by Crippen LogP contribution is 2.38. The molecule has 1 N–H and O–H groups in total. The largest absolute Gasteiger partial charge is 0.756 e. The van der Waals surface area contributed by atoms with Crippen molar-refractivity contribution in [3.8, 4) is 0 Å². The molecule has 0 saturated carbocycles. The molecule has 0 aliphatic rings. The molecule has 0 saturated heterocycles. The molecular formula is C73H141N2O7P. The number of nitrogens with zero attached hydrogens (tertiary/aromatic N) is 1. The molecule has 0 aromatic rings. The minimum absolute atomic E-state index is 0.0201. The van der Waals surface area contributed by atoms with Crippen LogP contribution in [-0.2, 0) is 27.9 Å². The smallest absolute Gasteiger partial charge is 0.306 e. The number of carbonyl (C=O) groups is 2. The number of hydrogen-bond acceptors (Lipinski definition) is 7. The van der Waals surface area contributed by atoms with Crippen molar-refractivity contribution >= 4 is 19.7 Å². The van der Waals surface area contributed by atoms with Crippen molar-refractivity contribution in [2.45, 2.75) is 380 Å². The van der Waals surface area contributed by atoms with Crippen molar-refractivity contribution in [3.05, 3.63) is 36.5 Å². The summed E-state index contributed by atoms with van der Waals surface area (Å²) in [6.45, 7) is 6.88. The van der Waals surface area contributed by atoms with Crippen LogP contribution in [-0.4, -0.2) is 69.4 Å². The summed E-state index contributed by atoms with van der Waals surface area (Å²) in [5.41, 5.74) is 0. The van der Waals surface area contributed by atoms with Crippen LogP contribution in [0, 0.1) is 0 Å². The first kappa shape index (κ1) is 81.2. The van der Waals surface area contributed by atoms with E-state index in [0.29, 0.717) is 17.4 Å². The summed E-state index contributed by atoms with van der Waals surface area (Å²) in [6, 6.07) is -0.887. The Morgan fingerprint density at radius 3 is 1.11 bits per heavy atom. The van der Waals surface area contributed by atoms with Crippen molar-refractivity contribution in [2.24, 2.45) is 0 Å². The number of quaternary nitrogens is 1. The van der Waals surface area contributed by atoms with E-state index in [9.17, 15) is 19.0 Å². The van der Waals surface area contributed by atoms with Gasteiger partial charge in [-0.3, -0.25) is 14.2 Å². The van der Waals surface area contributed by atoms with Gasteiger partial charge >= 0.3 is 5.97 Å². The summed E-state index contributed by atoms with van der Waals surface area (Å²) in [4.78, 5) is 40.2. The standard InChI is InChI=1S/C73H141N2O7P/c1-7-10-13-16-19-22-25-28-30-32-34-35-36-37-38-39-41-42-44-47-50-53-56-59-62-65-72(76)74-70(69-81-83(78,79)80-68-67-75(4,5)6)71(64-61-58-55-52-49-46-27-24-21-18-15-12-9-3)82-73(77)66-63-60-57-54-51-48-45-43-40-33-31-29-26-23-20-17-14-11-8-2/h20,23,29,31,61,64,70-71H,7-19,21-22,24-28,30,32-60,62-63,65-69H2,1-6H3,(H-,74,76,78,79)/b23-20-,31-29-,64-61+. The summed E-state index contributed by atoms with van der Waals surface area (Å²) < 4.78 is 30.5. The molecule has 0 fully saturated rings. The van der Waals surface area contributed by atoms with Crippen molar-refractivity contribution < 1.29 is 37.3 Å². The second-order valence-electron chi connectivity index (χ2n) is 26.1. The van der Waals surface area contributed by atoms with Gasteiger partial charge in [0.2, 0.25) is 5.91 Å². The van der Waals surface area contributed by atoms with Gasteiger partial charge in [-0.2, -0.15) is 0 Å². The number of rotatable bonds is 67. The van der Waals surface area contributed by atoms with Crippen LogP contribution in [0.1, 0.15) is 367 Å². The van der Waals surface area contributed by atoms with Gasteiger partial charge in [0, 0.05) is 12.8 Å². The van der Waals surface area contributed by atoms with E-state index in [1.165, 1.54) is 270 Å². The van der Waals surface area contributed by atoms with Crippen LogP contribution >= 0.6 is 7.82 Å². The first-order chi connectivity index (χ1) is 40.4. The monoisotopic (exact) mass is 1190 g/mol. The SMILES string of the molecule is CCCCC/C=C\C/C=C\CCCCCCCCCCCC(=O)OC(/C=C/CCCCCCCCCCCCC)C(COP(=O)([O-])OCC[N+](C)(C)C)NC(=O)CCCCCCCCCCCCCCCCCCCCCCCCCCC. The summed E-state index contributed by atoms with van der Waals surface area (Å²) in [5, 5.41) is 3.05. The Labute approximate surface area is 516 Å². The van der Waals surface area contributed by atoms with Gasteiger partial charge in [0.15, 0.2) is 0 Å². The number of amides is 1. The molecule has 0 aromatic heterocycles. The zero-order valence-corrected chi connectivity index (χ0v) is 57.1. The lowest BCUT2D eigenvalue weighted by molar-refractivity contribution is -0.870. The molecule has 0 rings (SSSR count). The molecule has 1 amide bonds. The molecule has 0 bridgehead atoms. The topological polar surface area (TPSA) is 114 Å². The van der Waals surface area contributed by atoms with Crippen LogP contribution in [0.15, 0.2) is 36.5 Å². The van der Waals surface area contributed by atoms with E-state index in [-0.39, 0.29) is 31.5 Å². The maximum Gasteiger partial charge on any atom is 0.306 e. The summed E-state index contributed by atoms with van der Waals surface area (Å²) in [5.74, 6) is -0.525.